The van der Waals surface area contributed by atoms with Crippen LogP contribution in [0.25, 0.3) is 6.08 Å². The van der Waals surface area contributed by atoms with Gasteiger partial charge in [0.05, 0.1) is 28.6 Å². The van der Waals surface area contributed by atoms with Crippen LogP contribution in [0.1, 0.15) is 17.5 Å². The zero-order valence-electron chi connectivity index (χ0n) is 14.4. The second-order valence-corrected chi connectivity index (χ2v) is 8.05. The largest absolute Gasteiger partial charge is 0.481 e. The van der Waals surface area contributed by atoms with Crippen molar-refractivity contribution in [2.45, 2.75) is 18.6 Å². The standard InChI is InChI=1S/C19H16F3NO4S/c20-19(21,22)14-6-4-5-13(11-14)9-10-28(26,27)23(15-7-2-1-3-8-15)17-12-16(17)18(24)25/h1-11,16-17H,12H2,(H,24,25)/t16-,17+/m0/s1. The average molecular weight is 411 g/mol. The Bertz CT molecular complexity index is 1000. The first kappa shape index (κ1) is 19.9. The van der Waals surface area contributed by atoms with Gasteiger partial charge in [0.25, 0.3) is 10.0 Å². The molecule has 0 bridgehead atoms. The van der Waals surface area contributed by atoms with Gasteiger partial charge in [-0.15, -0.1) is 0 Å². The van der Waals surface area contributed by atoms with Crippen LogP contribution in [-0.2, 0) is 21.0 Å². The zero-order valence-corrected chi connectivity index (χ0v) is 15.2. The van der Waals surface area contributed by atoms with E-state index in [2.05, 4.69) is 0 Å². The van der Waals surface area contributed by atoms with E-state index in [1.165, 1.54) is 24.3 Å². The van der Waals surface area contributed by atoms with Crippen LogP contribution in [0, 0.1) is 5.92 Å². The van der Waals surface area contributed by atoms with E-state index in [9.17, 15) is 26.4 Å². The molecule has 0 aromatic heterocycles. The molecule has 0 unspecified atom stereocenters. The van der Waals surface area contributed by atoms with E-state index >= 15 is 0 Å². The van der Waals surface area contributed by atoms with Gasteiger partial charge in [0.15, 0.2) is 0 Å². The van der Waals surface area contributed by atoms with Gasteiger partial charge in [0.1, 0.15) is 0 Å². The Balaban J connectivity index is 1.92. The summed E-state index contributed by atoms with van der Waals surface area (Å²) in [5.41, 5.74) is -0.526. The van der Waals surface area contributed by atoms with Crippen molar-refractivity contribution in [3.63, 3.8) is 0 Å². The number of alkyl halides is 3. The van der Waals surface area contributed by atoms with Crippen molar-refractivity contribution in [3.05, 3.63) is 71.1 Å². The molecule has 0 aliphatic heterocycles. The topological polar surface area (TPSA) is 74.7 Å². The summed E-state index contributed by atoms with van der Waals surface area (Å²) in [5, 5.41) is 9.95. The van der Waals surface area contributed by atoms with E-state index in [-0.39, 0.29) is 12.0 Å². The van der Waals surface area contributed by atoms with Crippen LogP contribution >= 0.6 is 0 Å². The Morgan fingerprint density at radius 3 is 2.36 bits per heavy atom. The lowest BCUT2D eigenvalue weighted by Crippen LogP contribution is -2.33. The van der Waals surface area contributed by atoms with Crippen LogP contribution in [0.3, 0.4) is 0 Å². The summed E-state index contributed by atoms with van der Waals surface area (Å²) in [6, 6.07) is 11.5. The molecule has 0 amide bonds. The van der Waals surface area contributed by atoms with Gasteiger partial charge < -0.3 is 5.11 Å². The molecule has 2 atom stereocenters. The van der Waals surface area contributed by atoms with Gasteiger partial charge in [-0.3, -0.25) is 9.10 Å². The number of para-hydroxylation sites is 1. The molecule has 9 heteroatoms. The molecule has 148 valence electrons. The van der Waals surface area contributed by atoms with Crippen LogP contribution in [0.5, 0.6) is 0 Å². The number of carboxylic acids is 1. The van der Waals surface area contributed by atoms with E-state index < -0.39 is 39.7 Å². The van der Waals surface area contributed by atoms with Gasteiger partial charge in [-0.05, 0) is 42.3 Å². The highest BCUT2D eigenvalue weighted by Crippen LogP contribution is 2.41. The summed E-state index contributed by atoms with van der Waals surface area (Å²) in [4.78, 5) is 11.2. The van der Waals surface area contributed by atoms with Gasteiger partial charge in [0, 0.05) is 0 Å². The number of sulfonamides is 1. The first-order chi connectivity index (χ1) is 13.1. The van der Waals surface area contributed by atoms with Crippen LogP contribution in [-0.4, -0.2) is 25.5 Å². The van der Waals surface area contributed by atoms with Crippen molar-refractivity contribution < 1.29 is 31.5 Å². The summed E-state index contributed by atoms with van der Waals surface area (Å²) < 4.78 is 65.2. The molecular formula is C19H16F3NO4S. The highest BCUT2D eigenvalue weighted by Gasteiger charge is 2.50. The highest BCUT2D eigenvalue weighted by atomic mass is 32.2. The third-order valence-electron chi connectivity index (χ3n) is 4.31. The number of hydrogen-bond acceptors (Lipinski definition) is 3. The van der Waals surface area contributed by atoms with Crippen molar-refractivity contribution in [2.24, 2.45) is 5.92 Å². The molecule has 5 nitrogen and oxygen atoms in total. The molecule has 0 saturated heterocycles. The first-order valence-electron chi connectivity index (χ1n) is 8.27. The van der Waals surface area contributed by atoms with Gasteiger partial charge in [-0.25, -0.2) is 8.42 Å². The predicted molar refractivity (Wildman–Crippen MR) is 97.8 cm³/mol. The number of nitrogens with zero attached hydrogens (tertiary/aromatic N) is 1. The number of benzene rings is 2. The average Bonchev–Trinajstić information content (AvgIpc) is 3.41. The summed E-state index contributed by atoms with van der Waals surface area (Å²) in [6.45, 7) is 0. The predicted octanol–water partition coefficient (Wildman–Crippen LogP) is 3.99. The number of aliphatic carboxylic acids is 1. The second kappa shape index (κ2) is 7.31. The maximum Gasteiger partial charge on any atom is 0.416 e. The van der Waals surface area contributed by atoms with Gasteiger partial charge in [-0.1, -0.05) is 30.3 Å². The number of carboxylic acid groups (broad SMARTS) is 1. The molecule has 0 heterocycles. The molecule has 28 heavy (non-hydrogen) atoms. The Labute approximate surface area is 159 Å². The third kappa shape index (κ3) is 4.36. The summed E-state index contributed by atoms with van der Waals surface area (Å²) >= 11 is 0. The van der Waals surface area contributed by atoms with Crippen LogP contribution < -0.4 is 4.31 Å². The van der Waals surface area contributed by atoms with Crippen LogP contribution in [0.4, 0.5) is 18.9 Å². The van der Waals surface area contributed by atoms with E-state index in [1.54, 1.807) is 18.2 Å². The Morgan fingerprint density at radius 1 is 1.11 bits per heavy atom. The number of rotatable bonds is 6. The first-order valence-corrected chi connectivity index (χ1v) is 9.77. The monoisotopic (exact) mass is 411 g/mol. The van der Waals surface area contributed by atoms with Crippen molar-refractivity contribution in [1.29, 1.82) is 0 Å². The Kier molecular flexibility index (Phi) is 5.20. The Morgan fingerprint density at radius 2 is 1.79 bits per heavy atom. The van der Waals surface area contributed by atoms with Gasteiger partial charge >= 0.3 is 12.1 Å². The second-order valence-electron chi connectivity index (χ2n) is 6.35. The molecule has 1 saturated carbocycles. The van der Waals surface area contributed by atoms with E-state index in [0.717, 1.165) is 27.9 Å². The number of halogens is 3. The molecule has 0 spiro atoms. The van der Waals surface area contributed by atoms with E-state index in [0.29, 0.717) is 5.69 Å². The van der Waals surface area contributed by atoms with Crippen molar-refractivity contribution in [2.75, 3.05) is 4.31 Å². The van der Waals surface area contributed by atoms with Crippen molar-refractivity contribution >= 4 is 27.8 Å². The maximum atomic E-state index is 12.9. The molecule has 2 aromatic rings. The zero-order chi connectivity index (χ0) is 20.5. The molecule has 1 aliphatic rings. The fourth-order valence-corrected chi connectivity index (χ4v) is 4.34. The van der Waals surface area contributed by atoms with Gasteiger partial charge in [-0.2, -0.15) is 13.2 Å². The highest BCUT2D eigenvalue weighted by molar-refractivity contribution is 7.95. The Hall–Kier alpha value is -2.81. The fourth-order valence-electron chi connectivity index (χ4n) is 2.86. The summed E-state index contributed by atoms with van der Waals surface area (Å²) in [7, 11) is -4.12. The van der Waals surface area contributed by atoms with Crippen LogP contribution in [0.2, 0.25) is 0 Å². The minimum absolute atomic E-state index is 0.0667. The smallest absolute Gasteiger partial charge is 0.416 e. The van der Waals surface area contributed by atoms with Gasteiger partial charge in [0.2, 0.25) is 0 Å². The normalized spacial score (nSPS) is 19.5. The summed E-state index contributed by atoms with van der Waals surface area (Å²) in [5.74, 6) is -1.92. The number of anilines is 1. The quantitative estimate of drug-likeness (QED) is 0.780. The lowest BCUT2D eigenvalue weighted by Gasteiger charge is -2.22. The molecule has 2 aromatic carbocycles. The minimum Gasteiger partial charge on any atom is -0.481 e. The van der Waals surface area contributed by atoms with Crippen molar-refractivity contribution in [1.82, 2.24) is 0 Å². The minimum atomic E-state index is -4.54. The number of carbonyl (C=O) groups is 1. The van der Waals surface area contributed by atoms with Crippen molar-refractivity contribution in [3.8, 4) is 0 Å². The van der Waals surface area contributed by atoms with Crippen LogP contribution in [0.15, 0.2) is 60.0 Å². The maximum absolute atomic E-state index is 12.9. The van der Waals surface area contributed by atoms with E-state index in [1.807, 2.05) is 0 Å². The molecule has 3 rings (SSSR count). The SMILES string of the molecule is O=C(O)[C@H]1C[C@H]1N(c1ccccc1)S(=O)(=O)C=Cc1cccc(C(F)(F)F)c1. The lowest BCUT2D eigenvalue weighted by molar-refractivity contribution is -0.139. The third-order valence-corrected chi connectivity index (χ3v) is 5.82. The number of hydrogen-bond donors (Lipinski definition) is 1. The fraction of sp³-hybridized carbons (Fsp3) is 0.211. The molecule has 1 fully saturated rings. The molecule has 0 radical (unpaired) electrons. The molecule has 1 aliphatic carbocycles. The molecular weight excluding hydrogens is 395 g/mol. The lowest BCUT2D eigenvalue weighted by atomic mass is 10.1. The molecule has 1 N–H and O–H groups in total. The van der Waals surface area contributed by atoms with E-state index in [4.69, 9.17) is 5.11 Å². The summed E-state index contributed by atoms with van der Waals surface area (Å²) in [6.07, 6.45) is -3.30.